The highest BCUT2D eigenvalue weighted by Crippen LogP contribution is 2.31. The zero-order valence-electron chi connectivity index (χ0n) is 17.7. The van der Waals surface area contributed by atoms with E-state index in [4.69, 9.17) is 15.5 Å². The maximum atomic E-state index is 10.6. The maximum absolute atomic E-state index is 10.6. The zero-order valence-corrected chi connectivity index (χ0v) is 17.7. The van der Waals surface area contributed by atoms with Crippen molar-refractivity contribution < 1.29 is 9.84 Å². The van der Waals surface area contributed by atoms with E-state index in [1.807, 2.05) is 23.6 Å². The van der Waals surface area contributed by atoms with Crippen molar-refractivity contribution in [3.05, 3.63) is 65.5 Å². The third kappa shape index (κ3) is 4.15. The Kier molecular flexibility index (Phi) is 5.45. The summed E-state index contributed by atoms with van der Waals surface area (Å²) in [6.07, 6.45) is 0.827. The highest BCUT2D eigenvalue weighted by atomic mass is 16.5. The molecule has 0 spiro atoms. The van der Waals surface area contributed by atoms with Crippen LogP contribution in [0.1, 0.15) is 37.7 Å². The number of rotatable bonds is 7. The van der Waals surface area contributed by atoms with E-state index in [1.165, 1.54) is 11.1 Å². The van der Waals surface area contributed by atoms with E-state index in [0.29, 0.717) is 31.1 Å². The van der Waals surface area contributed by atoms with Gasteiger partial charge in [-0.1, -0.05) is 36.4 Å². The average Bonchev–Trinajstić information content (AvgIpc) is 3.05. The van der Waals surface area contributed by atoms with Crippen LogP contribution in [0.5, 0.6) is 0 Å². The summed E-state index contributed by atoms with van der Waals surface area (Å²) in [6, 6.07) is 16.6. The first-order valence-electron chi connectivity index (χ1n) is 10.3. The Morgan fingerprint density at radius 1 is 1.07 bits per heavy atom. The number of nitrogen functional groups attached to an aromatic ring is 1. The Morgan fingerprint density at radius 2 is 1.83 bits per heavy atom. The van der Waals surface area contributed by atoms with Crippen molar-refractivity contribution in [2.75, 3.05) is 12.3 Å². The molecule has 0 saturated carbocycles. The van der Waals surface area contributed by atoms with Gasteiger partial charge in [0.05, 0.1) is 23.2 Å². The summed E-state index contributed by atoms with van der Waals surface area (Å²) in [7, 11) is 0. The number of hydrogen-bond donors (Lipinski definition) is 2. The van der Waals surface area contributed by atoms with E-state index < -0.39 is 5.60 Å². The van der Waals surface area contributed by atoms with Gasteiger partial charge in [0.25, 0.3) is 0 Å². The Labute approximate surface area is 176 Å². The molecule has 2 heterocycles. The molecule has 6 nitrogen and oxygen atoms in total. The molecule has 3 N–H and O–H groups in total. The predicted octanol–water partition coefficient (Wildman–Crippen LogP) is 4.06. The van der Waals surface area contributed by atoms with Crippen molar-refractivity contribution in [2.24, 2.45) is 0 Å². The molecule has 0 bridgehead atoms. The van der Waals surface area contributed by atoms with Gasteiger partial charge >= 0.3 is 0 Å². The van der Waals surface area contributed by atoms with Crippen LogP contribution in [0, 0.1) is 0 Å². The minimum atomic E-state index is -0.916. The van der Waals surface area contributed by atoms with Gasteiger partial charge in [-0.2, -0.15) is 0 Å². The van der Waals surface area contributed by atoms with Gasteiger partial charge < -0.3 is 20.1 Å². The fourth-order valence-electron chi connectivity index (χ4n) is 3.81. The first-order chi connectivity index (χ1) is 14.4. The Morgan fingerprint density at radius 3 is 2.53 bits per heavy atom. The molecule has 0 saturated heterocycles. The summed E-state index contributed by atoms with van der Waals surface area (Å²) in [5.41, 5.74) is 10.1. The van der Waals surface area contributed by atoms with Gasteiger partial charge in [-0.25, -0.2) is 9.97 Å². The summed E-state index contributed by atoms with van der Waals surface area (Å²) < 4.78 is 7.66. The molecule has 0 atom stereocenters. The van der Waals surface area contributed by atoms with Crippen LogP contribution in [0.3, 0.4) is 0 Å². The van der Waals surface area contributed by atoms with Crippen LogP contribution < -0.4 is 5.73 Å². The lowest BCUT2D eigenvalue weighted by Crippen LogP contribution is -2.27. The highest BCUT2D eigenvalue weighted by Gasteiger charge is 2.22. The van der Waals surface area contributed by atoms with Crippen LogP contribution in [0.25, 0.3) is 21.9 Å². The van der Waals surface area contributed by atoms with Crippen molar-refractivity contribution in [2.45, 2.75) is 45.9 Å². The molecule has 0 fully saturated rings. The molecular formula is C24H28N4O2. The molecule has 0 amide bonds. The number of aliphatic hydroxyl groups is 1. The molecule has 30 heavy (non-hydrogen) atoms. The second-order valence-corrected chi connectivity index (χ2v) is 8.27. The first kappa shape index (κ1) is 20.3. The number of imidazole rings is 1. The number of benzene rings is 2. The van der Waals surface area contributed by atoms with Gasteiger partial charge in [0.2, 0.25) is 0 Å². The number of ether oxygens (including phenoxy) is 1. The van der Waals surface area contributed by atoms with Crippen molar-refractivity contribution in [3.63, 3.8) is 0 Å². The Balaban J connectivity index is 1.92. The lowest BCUT2D eigenvalue weighted by Gasteiger charge is -2.20. The maximum Gasteiger partial charge on any atom is 0.152 e. The molecule has 6 heteroatoms. The normalized spacial score (nSPS) is 12.1. The molecule has 0 radical (unpaired) electrons. The van der Waals surface area contributed by atoms with Crippen LogP contribution in [0.2, 0.25) is 0 Å². The monoisotopic (exact) mass is 404 g/mol. The van der Waals surface area contributed by atoms with Crippen LogP contribution in [-0.4, -0.2) is 31.8 Å². The number of nitrogens with zero attached hydrogens (tertiary/aromatic N) is 3. The Hall–Kier alpha value is -2.96. The third-order valence-electron chi connectivity index (χ3n) is 5.08. The SMILES string of the molecule is CCOCc1nc2c(N)nc3ccc(Cc4ccccc4)cc3c2n1CC(C)(C)O. The molecule has 0 unspecified atom stereocenters. The number of fused-ring (bicyclic) bond motifs is 3. The fourth-order valence-corrected chi connectivity index (χ4v) is 3.81. The molecule has 0 aliphatic rings. The van der Waals surface area contributed by atoms with Gasteiger partial charge in [-0.3, -0.25) is 0 Å². The second-order valence-electron chi connectivity index (χ2n) is 8.27. The lowest BCUT2D eigenvalue weighted by molar-refractivity contribution is 0.0582. The quantitative estimate of drug-likeness (QED) is 0.485. The molecule has 4 aromatic rings. The summed E-state index contributed by atoms with van der Waals surface area (Å²) in [5.74, 6) is 1.13. The van der Waals surface area contributed by atoms with Crippen molar-refractivity contribution in [3.8, 4) is 0 Å². The third-order valence-corrected chi connectivity index (χ3v) is 5.08. The van der Waals surface area contributed by atoms with Crippen molar-refractivity contribution >= 4 is 27.8 Å². The van der Waals surface area contributed by atoms with Gasteiger partial charge in [0, 0.05) is 12.0 Å². The zero-order chi connectivity index (χ0) is 21.3. The number of hydrogen-bond acceptors (Lipinski definition) is 5. The van der Waals surface area contributed by atoms with Crippen molar-refractivity contribution in [1.82, 2.24) is 14.5 Å². The van der Waals surface area contributed by atoms with E-state index in [-0.39, 0.29) is 0 Å². The molecule has 0 aliphatic heterocycles. The summed E-state index contributed by atoms with van der Waals surface area (Å²) in [5, 5.41) is 11.5. The van der Waals surface area contributed by atoms with Gasteiger partial charge in [-0.15, -0.1) is 0 Å². The summed E-state index contributed by atoms with van der Waals surface area (Å²) in [4.78, 5) is 9.32. The standard InChI is InChI=1S/C24H28N4O2/c1-4-30-14-20-27-21-22(28(20)15-24(2,3)29)18-13-17(10-11-19(18)26-23(21)25)12-16-8-6-5-7-9-16/h5-11,13,29H,4,12,14-15H2,1-3H3,(H2,25,26). The molecular weight excluding hydrogens is 376 g/mol. The van der Waals surface area contributed by atoms with E-state index in [0.717, 1.165) is 28.7 Å². The molecule has 2 aromatic heterocycles. The summed E-state index contributed by atoms with van der Waals surface area (Å²) >= 11 is 0. The van der Waals surface area contributed by atoms with E-state index in [2.05, 4.69) is 41.4 Å². The number of nitrogens with two attached hydrogens (primary N) is 1. The van der Waals surface area contributed by atoms with Crippen LogP contribution in [0.4, 0.5) is 5.82 Å². The molecule has 4 rings (SSSR count). The molecule has 0 aliphatic carbocycles. The smallest absolute Gasteiger partial charge is 0.152 e. The first-order valence-corrected chi connectivity index (χ1v) is 10.3. The highest BCUT2D eigenvalue weighted by molar-refractivity contribution is 6.06. The predicted molar refractivity (Wildman–Crippen MR) is 120 cm³/mol. The molecule has 156 valence electrons. The van der Waals surface area contributed by atoms with Gasteiger partial charge in [0.15, 0.2) is 5.82 Å². The minimum Gasteiger partial charge on any atom is -0.389 e. The van der Waals surface area contributed by atoms with Gasteiger partial charge in [0.1, 0.15) is 17.9 Å². The largest absolute Gasteiger partial charge is 0.389 e. The van der Waals surface area contributed by atoms with E-state index >= 15 is 0 Å². The topological polar surface area (TPSA) is 86.2 Å². The van der Waals surface area contributed by atoms with Crippen LogP contribution >= 0.6 is 0 Å². The van der Waals surface area contributed by atoms with Gasteiger partial charge in [-0.05, 0) is 50.5 Å². The average molecular weight is 405 g/mol. The van der Waals surface area contributed by atoms with Crippen LogP contribution in [0.15, 0.2) is 48.5 Å². The lowest BCUT2D eigenvalue weighted by atomic mass is 10.0. The Bertz CT molecular complexity index is 1180. The van der Waals surface area contributed by atoms with E-state index in [1.54, 1.807) is 13.8 Å². The fraction of sp³-hybridized carbons (Fsp3) is 0.333. The number of aromatic nitrogens is 3. The number of anilines is 1. The number of pyridine rings is 1. The summed E-state index contributed by atoms with van der Waals surface area (Å²) in [6.45, 7) is 6.85. The van der Waals surface area contributed by atoms with Crippen molar-refractivity contribution in [1.29, 1.82) is 0 Å². The minimum absolute atomic E-state index is 0.353. The second kappa shape index (κ2) is 8.05. The molecule has 2 aromatic carbocycles. The van der Waals surface area contributed by atoms with E-state index in [9.17, 15) is 5.11 Å². The van der Waals surface area contributed by atoms with Crippen LogP contribution in [-0.2, 0) is 24.3 Å².